The van der Waals surface area contributed by atoms with Crippen LogP contribution in [0.15, 0.2) is 0 Å². The average Bonchev–Trinajstić information content (AvgIpc) is 1.95. The molecule has 0 unspecified atom stereocenters. The summed E-state index contributed by atoms with van der Waals surface area (Å²) in [7, 11) is -1.13. The van der Waals surface area contributed by atoms with Crippen molar-refractivity contribution in [1.29, 1.82) is 0 Å². The van der Waals surface area contributed by atoms with Gasteiger partial charge in [-0.05, 0) is 18.8 Å². The van der Waals surface area contributed by atoms with Gasteiger partial charge in [-0.3, -0.25) is 4.79 Å². The molecule has 1 saturated carbocycles. The van der Waals surface area contributed by atoms with Crippen molar-refractivity contribution in [2.75, 3.05) is 0 Å². The summed E-state index contributed by atoms with van der Waals surface area (Å²) in [6, 6.07) is 1.14. The van der Waals surface area contributed by atoms with Crippen molar-refractivity contribution in [3.8, 4) is 0 Å². The quantitative estimate of drug-likeness (QED) is 0.738. The van der Waals surface area contributed by atoms with Crippen molar-refractivity contribution in [3.63, 3.8) is 0 Å². The number of amides is 1. The number of aliphatic carboxylic acids is 1. The first-order valence-corrected chi connectivity index (χ1v) is 9.37. The fourth-order valence-electron chi connectivity index (χ4n) is 2.60. The van der Waals surface area contributed by atoms with Crippen molar-refractivity contribution in [3.05, 3.63) is 0 Å². The Balaban J connectivity index is 2.56. The zero-order valence-electron chi connectivity index (χ0n) is 10.5. The number of hydrogen-bond acceptors (Lipinski definition) is 2. The highest BCUT2D eigenvalue weighted by atomic mass is 28.3. The summed E-state index contributed by atoms with van der Waals surface area (Å²) in [6.45, 7) is 8.22. The second kappa shape index (κ2) is 4.20. The Hall–Kier alpha value is -0.843. The van der Waals surface area contributed by atoms with E-state index < -0.39 is 19.6 Å². The van der Waals surface area contributed by atoms with Gasteiger partial charge in [-0.1, -0.05) is 25.7 Å². The van der Waals surface area contributed by atoms with Crippen LogP contribution < -0.4 is 5.32 Å². The van der Waals surface area contributed by atoms with Gasteiger partial charge in [0.2, 0.25) is 5.91 Å². The van der Waals surface area contributed by atoms with Crippen LogP contribution in [0.25, 0.3) is 0 Å². The molecule has 1 aliphatic carbocycles. The summed E-state index contributed by atoms with van der Waals surface area (Å²) in [5.74, 6) is -0.682. The Morgan fingerprint density at radius 3 is 2.19 bits per heavy atom. The third kappa shape index (κ3) is 3.07. The van der Waals surface area contributed by atoms with Gasteiger partial charge in [-0.25, -0.2) is 4.79 Å². The van der Waals surface area contributed by atoms with E-state index in [1.807, 2.05) is 0 Å². The Labute approximate surface area is 97.4 Å². The molecule has 92 valence electrons. The number of carboxylic acids is 1. The molecule has 4 nitrogen and oxygen atoms in total. The molecule has 2 N–H and O–H groups in total. The average molecular weight is 243 g/mol. The lowest BCUT2D eigenvalue weighted by Crippen LogP contribution is -2.62. The van der Waals surface area contributed by atoms with Crippen LogP contribution in [0.5, 0.6) is 0 Å². The molecule has 0 aromatic rings. The summed E-state index contributed by atoms with van der Waals surface area (Å²) >= 11 is 0. The molecule has 16 heavy (non-hydrogen) atoms. The third-order valence-corrected chi connectivity index (χ3v) is 4.80. The minimum atomic E-state index is -1.13. The molecule has 0 saturated heterocycles. The largest absolute Gasteiger partial charge is 0.480 e. The summed E-state index contributed by atoms with van der Waals surface area (Å²) in [6.07, 6.45) is 1.18. The molecule has 0 bridgehead atoms. The fraction of sp³-hybridized carbons (Fsp3) is 0.818. The van der Waals surface area contributed by atoms with Gasteiger partial charge >= 0.3 is 5.97 Å². The van der Waals surface area contributed by atoms with Gasteiger partial charge in [0.15, 0.2) is 0 Å². The Kier molecular flexibility index (Phi) is 3.47. The van der Waals surface area contributed by atoms with Crippen molar-refractivity contribution >= 4 is 20.0 Å². The highest BCUT2D eigenvalue weighted by Gasteiger charge is 2.51. The van der Waals surface area contributed by atoms with E-state index in [1.165, 1.54) is 6.92 Å². The van der Waals surface area contributed by atoms with Crippen LogP contribution in [-0.4, -0.2) is 30.6 Å². The van der Waals surface area contributed by atoms with Crippen molar-refractivity contribution in [2.45, 2.75) is 51.0 Å². The molecule has 1 rings (SSSR count). The summed E-state index contributed by atoms with van der Waals surface area (Å²) in [5, 5.41) is 11.7. The first-order valence-electron chi connectivity index (χ1n) is 5.67. The van der Waals surface area contributed by atoms with Gasteiger partial charge in [0, 0.05) is 15.0 Å². The molecule has 1 fully saturated rings. The normalized spacial score (nSPS) is 29.4. The molecule has 0 spiro atoms. The molecule has 0 aliphatic heterocycles. The Bertz CT molecular complexity index is 303. The minimum Gasteiger partial charge on any atom is -0.480 e. The van der Waals surface area contributed by atoms with E-state index in [1.54, 1.807) is 0 Å². The highest BCUT2D eigenvalue weighted by Crippen LogP contribution is 2.42. The topological polar surface area (TPSA) is 66.4 Å². The predicted octanol–water partition coefficient (Wildman–Crippen LogP) is 1.69. The monoisotopic (exact) mass is 243 g/mol. The van der Waals surface area contributed by atoms with Crippen LogP contribution in [0.2, 0.25) is 25.7 Å². The SMILES string of the molecule is CC(=O)NC1(C(=O)O)CC(C[Si](C)(C)C)C1. The number of hydrogen-bond donors (Lipinski definition) is 2. The van der Waals surface area contributed by atoms with Gasteiger partial charge in [0.1, 0.15) is 5.54 Å². The molecular weight excluding hydrogens is 222 g/mol. The van der Waals surface area contributed by atoms with Gasteiger partial charge in [-0.15, -0.1) is 0 Å². The molecule has 0 atom stereocenters. The van der Waals surface area contributed by atoms with Gasteiger partial charge in [-0.2, -0.15) is 0 Å². The minimum absolute atomic E-state index is 0.256. The predicted molar refractivity (Wildman–Crippen MR) is 65.1 cm³/mol. The molecule has 0 aromatic heterocycles. The number of carboxylic acid groups (broad SMARTS) is 1. The van der Waals surface area contributed by atoms with Crippen LogP contribution in [0.4, 0.5) is 0 Å². The van der Waals surface area contributed by atoms with Crippen LogP contribution >= 0.6 is 0 Å². The van der Waals surface area contributed by atoms with E-state index in [4.69, 9.17) is 5.11 Å². The Morgan fingerprint density at radius 1 is 1.38 bits per heavy atom. The summed E-state index contributed by atoms with van der Waals surface area (Å²) < 4.78 is 0. The van der Waals surface area contributed by atoms with E-state index >= 15 is 0 Å². The van der Waals surface area contributed by atoms with Crippen LogP contribution in [-0.2, 0) is 9.59 Å². The van der Waals surface area contributed by atoms with Crippen LogP contribution in [0, 0.1) is 5.92 Å². The third-order valence-electron chi connectivity index (χ3n) is 3.00. The zero-order chi connectivity index (χ0) is 12.6. The number of carbonyl (C=O) groups excluding carboxylic acids is 1. The van der Waals surface area contributed by atoms with Gasteiger partial charge in [0.05, 0.1) is 0 Å². The molecule has 0 heterocycles. The first-order chi connectivity index (χ1) is 7.15. The molecule has 0 radical (unpaired) electrons. The van der Waals surface area contributed by atoms with Crippen LogP contribution in [0.1, 0.15) is 19.8 Å². The number of carbonyl (C=O) groups is 2. The maximum absolute atomic E-state index is 11.1. The summed E-state index contributed by atoms with van der Waals surface area (Å²) in [5.41, 5.74) is -0.976. The lowest BCUT2D eigenvalue weighted by atomic mass is 9.69. The highest BCUT2D eigenvalue weighted by molar-refractivity contribution is 6.76. The van der Waals surface area contributed by atoms with E-state index in [-0.39, 0.29) is 5.91 Å². The van der Waals surface area contributed by atoms with E-state index in [0.29, 0.717) is 18.8 Å². The second-order valence-electron chi connectivity index (χ2n) is 6.11. The Morgan fingerprint density at radius 2 is 1.88 bits per heavy atom. The molecular formula is C11H21NO3Si. The lowest BCUT2D eigenvalue weighted by molar-refractivity contribution is -0.153. The molecule has 1 amide bonds. The van der Waals surface area contributed by atoms with Gasteiger partial charge in [0.25, 0.3) is 0 Å². The smallest absolute Gasteiger partial charge is 0.329 e. The van der Waals surface area contributed by atoms with Crippen molar-refractivity contribution in [2.24, 2.45) is 5.92 Å². The first kappa shape index (κ1) is 13.2. The standard InChI is InChI=1S/C11H21NO3Si/c1-8(13)12-11(10(14)15)5-9(6-11)7-16(2,3)4/h9H,5-7H2,1-4H3,(H,12,13)(H,14,15). The lowest BCUT2D eigenvalue weighted by Gasteiger charge is -2.46. The van der Waals surface area contributed by atoms with E-state index in [2.05, 4.69) is 25.0 Å². The second-order valence-corrected chi connectivity index (χ2v) is 11.6. The maximum atomic E-state index is 11.1. The van der Waals surface area contributed by atoms with E-state index in [0.717, 1.165) is 6.04 Å². The van der Waals surface area contributed by atoms with Crippen LogP contribution in [0.3, 0.4) is 0 Å². The zero-order valence-corrected chi connectivity index (χ0v) is 11.5. The number of rotatable bonds is 4. The van der Waals surface area contributed by atoms with Gasteiger partial charge < -0.3 is 10.4 Å². The van der Waals surface area contributed by atoms with E-state index in [9.17, 15) is 9.59 Å². The molecule has 1 aliphatic rings. The molecule has 5 heteroatoms. The van der Waals surface area contributed by atoms with Crippen molar-refractivity contribution in [1.82, 2.24) is 5.32 Å². The number of nitrogens with one attached hydrogen (secondary N) is 1. The maximum Gasteiger partial charge on any atom is 0.329 e. The molecule has 0 aromatic carbocycles. The fourth-order valence-corrected chi connectivity index (χ4v) is 4.62. The summed E-state index contributed by atoms with van der Waals surface area (Å²) in [4.78, 5) is 22.1. The van der Waals surface area contributed by atoms with Crippen molar-refractivity contribution < 1.29 is 14.7 Å².